The minimum atomic E-state index is -4.93. The van der Waals surface area contributed by atoms with Crippen LogP contribution < -0.4 is 4.74 Å². The van der Waals surface area contributed by atoms with Crippen molar-refractivity contribution < 1.29 is 47.1 Å². The molecule has 0 aliphatic carbocycles. The molecule has 3 rings (SSSR count). The Bertz CT molecular complexity index is 1020. The van der Waals surface area contributed by atoms with E-state index >= 15 is 0 Å². The van der Waals surface area contributed by atoms with Crippen LogP contribution in [0.3, 0.4) is 0 Å². The lowest BCUT2D eigenvalue weighted by Crippen LogP contribution is -2.41. The van der Waals surface area contributed by atoms with Gasteiger partial charge in [0.25, 0.3) is 6.29 Å². The van der Waals surface area contributed by atoms with Crippen LogP contribution in [0.2, 0.25) is 5.02 Å². The van der Waals surface area contributed by atoms with Gasteiger partial charge in [0, 0.05) is 17.5 Å². The number of hydrogen-bond acceptors (Lipinski definition) is 7. The van der Waals surface area contributed by atoms with Crippen LogP contribution in [0.15, 0.2) is 23.0 Å². The molecule has 10 nitrogen and oxygen atoms in total. The second kappa shape index (κ2) is 9.33. The molecule has 2 aliphatic rings. The van der Waals surface area contributed by atoms with Gasteiger partial charge in [0.2, 0.25) is 11.4 Å². The Morgan fingerprint density at radius 3 is 2.76 bits per heavy atom. The van der Waals surface area contributed by atoms with Crippen molar-refractivity contribution in [3.8, 4) is 5.75 Å². The van der Waals surface area contributed by atoms with E-state index in [-0.39, 0.29) is 34.3 Å². The monoisotopic (exact) mass is 493 g/mol. The summed E-state index contributed by atoms with van der Waals surface area (Å²) in [7, 11) is 0. The maximum atomic E-state index is 13.6. The number of ether oxygens (including phenoxy) is 2. The molecule has 1 fully saturated rings. The van der Waals surface area contributed by atoms with Crippen LogP contribution in [0.5, 0.6) is 5.75 Å². The molecule has 1 aromatic carbocycles. The fourth-order valence-corrected chi connectivity index (χ4v) is 3.74. The van der Waals surface area contributed by atoms with Crippen molar-refractivity contribution in [2.75, 3.05) is 6.54 Å². The molecule has 1 aromatic rings. The highest BCUT2D eigenvalue weighted by atomic mass is 35.5. The smallest absolute Gasteiger partial charge is 0.430 e. The van der Waals surface area contributed by atoms with E-state index in [9.17, 15) is 28.0 Å². The Hall–Kier alpha value is -3.22. The van der Waals surface area contributed by atoms with E-state index in [1.54, 1.807) is 0 Å². The summed E-state index contributed by atoms with van der Waals surface area (Å²) in [5.41, 5.74) is -0.343. The molecule has 0 bridgehead atoms. The van der Waals surface area contributed by atoms with Gasteiger partial charge in [0.05, 0.1) is 17.1 Å². The third kappa shape index (κ3) is 5.41. The predicted octanol–water partition coefficient (Wildman–Crippen LogP) is 3.60. The van der Waals surface area contributed by atoms with Crippen molar-refractivity contribution in [1.82, 2.24) is 5.01 Å². The largest absolute Gasteiger partial charge is 0.569 e. The standard InChI is InChI=1S/C19H19ClF3N3O7/c1-9-6-12(20)7-11-8-13(16(19(21,22)23)32-15(9)11)18(29)31-10(2)33-24-26(30)25-5-3-4-14(25)17(27)28/h6-8,10,14,16H,3-5H2,1-2H3,(H,27,28)/b26-24-/t10?,14-,16-/m0/s1. The fraction of sp³-hybridized carbons (Fsp3) is 0.474. The quantitative estimate of drug-likeness (QED) is 0.209. The molecular weight excluding hydrogens is 475 g/mol. The number of carbonyl (C=O) groups excluding carboxylic acids is 1. The summed E-state index contributed by atoms with van der Waals surface area (Å²) in [6.07, 6.45) is -7.48. The van der Waals surface area contributed by atoms with Gasteiger partial charge in [-0.1, -0.05) is 11.6 Å². The van der Waals surface area contributed by atoms with Crippen molar-refractivity contribution in [2.24, 2.45) is 5.28 Å². The minimum Gasteiger partial charge on any atom is -0.569 e. The summed E-state index contributed by atoms with van der Waals surface area (Å²) >= 11 is 5.94. The molecule has 0 radical (unpaired) electrons. The maximum absolute atomic E-state index is 13.6. The zero-order chi connectivity index (χ0) is 24.5. The van der Waals surface area contributed by atoms with Gasteiger partial charge in [-0.25, -0.2) is 9.59 Å². The number of hydrazine groups is 1. The van der Waals surface area contributed by atoms with Crippen molar-refractivity contribution in [2.45, 2.75) is 51.3 Å². The van der Waals surface area contributed by atoms with E-state index in [2.05, 4.69) is 5.28 Å². The first-order valence-electron chi connectivity index (χ1n) is 9.68. The van der Waals surface area contributed by atoms with Crippen molar-refractivity contribution in [3.63, 3.8) is 0 Å². The number of fused-ring (bicyclic) bond motifs is 1. The van der Waals surface area contributed by atoms with Crippen molar-refractivity contribution in [1.29, 1.82) is 0 Å². The molecule has 1 N–H and O–H groups in total. The van der Waals surface area contributed by atoms with Gasteiger partial charge in [0.1, 0.15) is 5.75 Å². The topological polar surface area (TPSA) is 124 Å². The lowest BCUT2D eigenvalue weighted by molar-refractivity contribution is -0.714. The van der Waals surface area contributed by atoms with E-state index in [1.165, 1.54) is 19.1 Å². The van der Waals surface area contributed by atoms with Crippen LogP contribution in [-0.2, 0) is 19.2 Å². The maximum Gasteiger partial charge on any atom is 0.430 e. The second-order valence-corrected chi connectivity index (χ2v) is 7.79. The average molecular weight is 494 g/mol. The van der Waals surface area contributed by atoms with Crippen LogP contribution in [0.1, 0.15) is 30.9 Å². The normalized spacial score (nSPS) is 21.6. The fourth-order valence-electron chi connectivity index (χ4n) is 3.46. The van der Waals surface area contributed by atoms with Gasteiger partial charge < -0.3 is 19.8 Å². The molecule has 0 spiro atoms. The van der Waals surface area contributed by atoms with Crippen molar-refractivity contribution >= 4 is 29.6 Å². The highest BCUT2D eigenvalue weighted by molar-refractivity contribution is 6.30. The van der Waals surface area contributed by atoms with Gasteiger partial charge >= 0.3 is 18.1 Å². The molecule has 14 heteroatoms. The van der Waals surface area contributed by atoms with Gasteiger partial charge in [-0.15, -0.1) is 5.01 Å². The number of nitrogens with zero attached hydrogens (tertiary/aromatic N) is 3. The number of benzene rings is 1. The molecule has 1 saturated heterocycles. The minimum absolute atomic E-state index is 0.0711. The summed E-state index contributed by atoms with van der Waals surface area (Å²) in [5, 5.41) is 25.3. The number of esters is 1. The van der Waals surface area contributed by atoms with Gasteiger partial charge in [-0.05, 0) is 43.5 Å². The first kappa shape index (κ1) is 24.4. The summed E-state index contributed by atoms with van der Waals surface area (Å²) < 4.78 is 50.6. The first-order chi connectivity index (χ1) is 15.4. The second-order valence-electron chi connectivity index (χ2n) is 7.35. The van der Waals surface area contributed by atoms with E-state index in [4.69, 9.17) is 31.0 Å². The Labute approximate surface area is 190 Å². The molecule has 2 aliphatic heterocycles. The number of hydrogen-bond donors (Lipinski definition) is 1. The number of carbonyl (C=O) groups is 2. The highest BCUT2D eigenvalue weighted by Gasteiger charge is 2.49. The molecule has 180 valence electrons. The number of aryl methyl sites for hydroxylation is 1. The van der Waals surface area contributed by atoms with E-state index in [1.807, 2.05) is 0 Å². The zero-order valence-corrected chi connectivity index (χ0v) is 18.1. The summed E-state index contributed by atoms with van der Waals surface area (Å²) in [6.45, 7) is 2.74. The summed E-state index contributed by atoms with van der Waals surface area (Å²) in [5.74, 6) is -2.70. The van der Waals surface area contributed by atoms with E-state index in [0.29, 0.717) is 12.0 Å². The van der Waals surface area contributed by atoms with Gasteiger partial charge in [-0.3, -0.25) is 4.84 Å². The highest BCUT2D eigenvalue weighted by Crippen LogP contribution is 2.40. The zero-order valence-electron chi connectivity index (χ0n) is 17.3. The van der Waals surface area contributed by atoms with E-state index in [0.717, 1.165) is 18.0 Å². The van der Waals surface area contributed by atoms with Crippen molar-refractivity contribution in [3.05, 3.63) is 39.1 Å². The van der Waals surface area contributed by atoms with Gasteiger partial charge in [0.15, 0.2) is 6.04 Å². The lowest BCUT2D eigenvalue weighted by atomic mass is 9.99. The summed E-state index contributed by atoms with van der Waals surface area (Å²) in [6, 6.07) is 1.66. The SMILES string of the molecule is Cc1cc(Cl)cc2c1O[C@H](C(F)(F)F)C(C(=O)OC(C)O/N=[N+](\[O-])N1CCC[C@H]1C(=O)O)=C2. The van der Waals surface area contributed by atoms with Crippen LogP contribution >= 0.6 is 11.6 Å². The van der Waals surface area contributed by atoms with Crippen LogP contribution in [0, 0.1) is 12.1 Å². The van der Waals surface area contributed by atoms with Gasteiger partial charge in [-0.2, -0.15) is 13.2 Å². The molecule has 1 unspecified atom stereocenters. The molecule has 0 amide bonds. The molecule has 0 saturated carbocycles. The predicted molar refractivity (Wildman–Crippen MR) is 105 cm³/mol. The molecule has 33 heavy (non-hydrogen) atoms. The Morgan fingerprint density at radius 2 is 2.12 bits per heavy atom. The number of carboxylic acids is 1. The Kier molecular flexibility index (Phi) is 6.91. The third-order valence-electron chi connectivity index (χ3n) is 4.90. The number of alkyl halides is 3. The Balaban J connectivity index is 1.75. The first-order valence-corrected chi connectivity index (χ1v) is 10.1. The van der Waals surface area contributed by atoms with E-state index < -0.39 is 42.1 Å². The third-order valence-corrected chi connectivity index (χ3v) is 5.12. The molecule has 2 heterocycles. The number of aliphatic carboxylic acids is 1. The average Bonchev–Trinajstić information content (AvgIpc) is 3.20. The molecule has 3 atom stereocenters. The Morgan fingerprint density at radius 1 is 1.42 bits per heavy atom. The van der Waals surface area contributed by atoms with Crippen LogP contribution in [-0.4, -0.2) is 58.2 Å². The summed E-state index contributed by atoms with van der Waals surface area (Å²) in [4.78, 5) is 28.2. The number of halogens is 4. The van der Waals surface area contributed by atoms with Crippen LogP contribution in [0.4, 0.5) is 13.2 Å². The molecule has 0 aromatic heterocycles. The number of rotatable bonds is 6. The lowest BCUT2D eigenvalue weighted by Gasteiger charge is -2.29. The number of carboxylic acid groups (broad SMARTS) is 1. The molecular formula is C19H19ClF3N3O7. The van der Waals surface area contributed by atoms with Crippen LogP contribution in [0.25, 0.3) is 6.08 Å².